The number of amides is 1. The van der Waals surface area contributed by atoms with Crippen LogP contribution in [0, 0.1) is 24.7 Å². The number of carbonyl (C=O) groups excluding carboxylic acids is 1. The fraction of sp³-hybridized carbons (Fsp3) is 0.783. The van der Waals surface area contributed by atoms with Gasteiger partial charge in [-0.15, -0.1) is 12.8 Å². The minimum atomic E-state index is -0.424. The number of terminal acetylenes is 2. The molecule has 6 nitrogen and oxygen atoms in total. The maximum absolute atomic E-state index is 11.3. The fourth-order valence-electron chi connectivity index (χ4n) is 2.30. The Labute approximate surface area is 179 Å². The standard InChI is InChI=1S/C14H26N2O2.C9H18N2/c1-5-10-15-11-8-6-7-9-12-16-13(17)18-14(2,3)4;1-2-8-11-9-6-4-3-5-7-10/h1,15H,6-12H2,2-4H3,(H,16,17);1,11H,3-10H2. The van der Waals surface area contributed by atoms with E-state index in [1.54, 1.807) is 0 Å². The highest BCUT2D eigenvalue weighted by Gasteiger charge is 2.15. The van der Waals surface area contributed by atoms with Crippen molar-refractivity contribution in [3.05, 3.63) is 0 Å². The molecule has 0 aromatic rings. The number of alkyl carbamates (subject to hydrolysis) is 1. The van der Waals surface area contributed by atoms with Crippen LogP contribution >= 0.6 is 0 Å². The van der Waals surface area contributed by atoms with Crippen molar-refractivity contribution < 1.29 is 9.53 Å². The van der Waals surface area contributed by atoms with Crippen LogP contribution in [-0.4, -0.2) is 51.0 Å². The molecule has 168 valence electrons. The van der Waals surface area contributed by atoms with Crippen LogP contribution in [0.3, 0.4) is 0 Å². The van der Waals surface area contributed by atoms with Crippen LogP contribution in [0.2, 0.25) is 0 Å². The van der Waals surface area contributed by atoms with Crippen molar-refractivity contribution in [2.45, 2.75) is 77.7 Å². The predicted octanol–water partition coefficient (Wildman–Crippen LogP) is 3.02. The summed E-state index contributed by atoms with van der Waals surface area (Å²) in [6.45, 7) is 10.4. The lowest BCUT2D eigenvalue weighted by Crippen LogP contribution is -2.33. The van der Waals surface area contributed by atoms with E-state index in [1.807, 2.05) is 20.8 Å². The van der Waals surface area contributed by atoms with Gasteiger partial charge in [0.1, 0.15) is 5.60 Å². The molecule has 1 amide bonds. The van der Waals surface area contributed by atoms with E-state index < -0.39 is 5.60 Å². The third-order valence-electron chi connectivity index (χ3n) is 3.71. The van der Waals surface area contributed by atoms with Crippen LogP contribution in [0.1, 0.15) is 72.1 Å². The summed E-state index contributed by atoms with van der Waals surface area (Å²) in [6.07, 6.45) is 19.1. The predicted molar refractivity (Wildman–Crippen MR) is 124 cm³/mol. The highest BCUT2D eigenvalue weighted by atomic mass is 16.6. The third kappa shape index (κ3) is 31.2. The van der Waals surface area contributed by atoms with Gasteiger partial charge >= 0.3 is 6.09 Å². The lowest BCUT2D eigenvalue weighted by atomic mass is 10.2. The molecule has 0 rings (SSSR count). The smallest absolute Gasteiger partial charge is 0.407 e. The van der Waals surface area contributed by atoms with Crippen LogP contribution in [-0.2, 0) is 4.74 Å². The molecule has 0 aliphatic heterocycles. The Morgan fingerprint density at radius 2 is 1.28 bits per heavy atom. The molecule has 0 saturated carbocycles. The van der Waals surface area contributed by atoms with Crippen molar-refractivity contribution in [1.82, 2.24) is 16.0 Å². The fourth-order valence-corrected chi connectivity index (χ4v) is 2.30. The normalized spacial score (nSPS) is 10.3. The van der Waals surface area contributed by atoms with Crippen LogP contribution in [0.15, 0.2) is 0 Å². The Hall–Kier alpha value is -1.73. The summed E-state index contributed by atoms with van der Waals surface area (Å²) in [7, 11) is 0. The van der Waals surface area contributed by atoms with Gasteiger partial charge in [0.2, 0.25) is 0 Å². The minimum Gasteiger partial charge on any atom is -0.444 e. The lowest BCUT2D eigenvalue weighted by molar-refractivity contribution is 0.0527. The van der Waals surface area contributed by atoms with E-state index in [-0.39, 0.29) is 6.09 Å². The quantitative estimate of drug-likeness (QED) is 0.247. The maximum Gasteiger partial charge on any atom is 0.407 e. The second kappa shape index (κ2) is 22.6. The molecule has 0 spiro atoms. The molecular weight excluding hydrogens is 364 g/mol. The van der Waals surface area contributed by atoms with Gasteiger partial charge in [-0.3, -0.25) is 0 Å². The van der Waals surface area contributed by atoms with E-state index >= 15 is 0 Å². The molecule has 0 aromatic carbocycles. The first kappa shape index (κ1) is 29.5. The highest BCUT2D eigenvalue weighted by molar-refractivity contribution is 5.67. The lowest BCUT2D eigenvalue weighted by Gasteiger charge is -2.19. The Morgan fingerprint density at radius 3 is 1.69 bits per heavy atom. The van der Waals surface area contributed by atoms with Crippen molar-refractivity contribution in [2.75, 3.05) is 39.3 Å². The number of hydrogen-bond acceptors (Lipinski definition) is 5. The number of unbranched alkanes of at least 4 members (excludes halogenated alkanes) is 6. The largest absolute Gasteiger partial charge is 0.444 e. The first-order valence-electron chi connectivity index (χ1n) is 10.8. The Kier molecular flexibility index (Phi) is 22.9. The second-order valence-electron chi connectivity index (χ2n) is 7.81. The zero-order valence-corrected chi connectivity index (χ0v) is 18.9. The van der Waals surface area contributed by atoms with Gasteiger partial charge in [-0.2, -0.15) is 0 Å². The SMILES string of the molecule is C#CCNCCCCCCN.C#CCNCCCCCCNC(=O)OC(C)(C)C. The molecule has 0 atom stereocenters. The first-order chi connectivity index (χ1) is 13.9. The average molecular weight is 409 g/mol. The molecule has 6 heteroatoms. The van der Waals surface area contributed by atoms with Crippen molar-refractivity contribution in [2.24, 2.45) is 5.73 Å². The Morgan fingerprint density at radius 1 is 0.828 bits per heavy atom. The van der Waals surface area contributed by atoms with Crippen molar-refractivity contribution in [1.29, 1.82) is 0 Å². The number of nitrogens with two attached hydrogens (primary N) is 1. The molecule has 0 bridgehead atoms. The van der Waals surface area contributed by atoms with Gasteiger partial charge in [-0.1, -0.05) is 37.5 Å². The number of ether oxygens (including phenoxy) is 1. The summed E-state index contributed by atoms with van der Waals surface area (Å²) in [6, 6.07) is 0. The first-order valence-corrected chi connectivity index (χ1v) is 10.8. The Bertz CT molecular complexity index is 447. The molecule has 0 radical (unpaired) electrons. The van der Waals surface area contributed by atoms with E-state index in [0.717, 1.165) is 51.7 Å². The van der Waals surface area contributed by atoms with Gasteiger partial charge in [-0.05, 0) is 66.1 Å². The number of carbonyl (C=O) groups is 1. The molecule has 0 fully saturated rings. The van der Waals surface area contributed by atoms with Gasteiger partial charge in [-0.25, -0.2) is 4.79 Å². The van der Waals surface area contributed by atoms with Crippen molar-refractivity contribution >= 4 is 6.09 Å². The minimum absolute atomic E-state index is 0.335. The van der Waals surface area contributed by atoms with Gasteiger partial charge in [0, 0.05) is 6.54 Å². The summed E-state index contributed by atoms with van der Waals surface area (Å²) in [4.78, 5) is 11.3. The van der Waals surface area contributed by atoms with E-state index in [1.165, 1.54) is 19.3 Å². The zero-order chi connectivity index (χ0) is 22.2. The zero-order valence-electron chi connectivity index (χ0n) is 18.9. The number of hydrogen-bond donors (Lipinski definition) is 4. The van der Waals surface area contributed by atoms with E-state index in [9.17, 15) is 4.79 Å². The summed E-state index contributed by atoms with van der Waals surface area (Å²) in [5.74, 6) is 5.08. The molecule has 0 aromatic heterocycles. The molecular formula is C23H44N4O2. The van der Waals surface area contributed by atoms with E-state index in [2.05, 4.69) is 27.8 Å². The molecule has 0 saturated heterocycles. The number of nitrogens with one attached hydrogen (secondary N) is 3. The van der Waals surface area contributed by atoms with Crippen molar-refractivity contribution in [3.8, 4) is 24.7 Å². The van der Waals surface area contributed by atoms with E-state index in [0.29, 0.717) is 19.6 Å². The monoisotopic (exact) mass is 408 g/mol. The molecule has 5 N–H and O–H groups in total. The third-order valence-corrected chi connectivity index (χ3v) is 3.71. The van der Waals surface area contributed by atoms with Crippen LogP contribution in [0.25, 0.3) is 0 Å². The topological polar surface area (TPSA) is 88.4 Å². The van der Waals surface area contributed by atoms with Gasteiger partial charge < -0.3 is 26.4 Å². The van der Waals surface area contributed by atoms with Crippen LogP contribution in [0.5, 0.6) is 0 Å². The maximum atomic E-state index is 11.3. The second-order valence-corrected chi connectivity index (χ2v) is 7.81. The summed E-state index contributed by atoms with van der Waals surface area (Å²) in [5.41, 5.74) is 4.92. The van der Waals surface area contributed by atoms with Gasteiger partial charge in [0.05, 0.1) is 13.1 Å². The molecule has 29 heavy (non-hydrogen) atoms. The highest BCUT2D eigenvalue weighted by Crippen LogP contribution is 2.06. The summed E-state index contributed by atoms with van der Waals surface area (Å²) < 4.78 is 5.13. The van der Waals surface area contributed by atoms with Gasteiger partial charge in [0.25, 0.3) is 0 Å². The summed E-state index contributed by atoms with van der Waals surface area (Å²) >= 11 is 0. The summed E-state index contributed by atoms with van der Waals surface area (Å²) in [5, 5.41) is 9.04. The van der Waals surface area contributed by atoms with Crippen molar-refractivity contribution in [3.63, 3.8) is 0 Å². The van der Waals surface area contributed by atoms with E-state index in [4.69, 9.17) is 23.3 Å². The van der Waals surface area contributed by atoms with Crippen LogP contribution in [0.4, 0.5) is 4.79 Å². The molecule has 0 unspecified atom stereocenters. The molecule has 0 aliphatic rings. The Balaban J connectivity index is 0. The van der Waals surface area contributed by atoms with Gasteiger partial charge in [0.15, 0.2) is 0 Å². The molecule has 0 aliphatic carbocycles. The molecule has 0 heterocycles. The average Bonchev–Trinajstić information content (AvgIpc) is 2.65. The van der Waals surface area contributed by atoms with Crippen LogP contribution < -0.4 is 21.7 Å². The number of rotatable bonds is 15.